The highest BCUT2D eigenvalue weighted by Gasteiger charge is 2.58. The predicted molar refractivity (Wildman–Crippen MR) is 135 cm³/mol. The summed E-state index contributed by atoms with van der Waals surface area (Å²) in [7, 11) is 1.90. The second-order valence-electron chi connectivity index (χ2n) is 10.3. The molecule has 1 saturated heterocycles. The van der Waals surface area contributed by atoms with Crippen molar-refractivity contribution < 1.29 is 14.7 Å². The predicted octanol–water partition coefficient (Wildman–Crippen LogP) is 1.65. The Morgan fingerprint density at radius 3 is 2.69 bits per heavy atom. The molecule has 2 amide bonds. The molecule has 0 unspecified atom stereocenters. The Kier molecular flexibility index (Phi) is 6.83. The zero-order valence-electron chi connectivity index (χ0n) is 21.0. The van der Waals surface area contributed by atoms with Crippen LogP contribution in [0.15, 0.2) is 35.5 Å². The average molecular weight is 494 g/mol. The van der Waals surface area contributed by atoms with E-state index < -0.39 is 18.0 Å². The maximum atomic E-state index is 13.9. The fraction of sp³-hybridized carbons (Fsp3) is 0.556. The van der Waals surface area contributed by atoms with Gasteiger partial charge in [0.25, 0.3) is 5.56 Å². The van der Waals surface area contributed by atoms with Crippen molar-refractivity contribution in [3.63, 3.8) is 0 Å². The first-order valence-corrected chi connectivity index (χ1v) is 13.0. The van der Waals surface area contributed by atoms with Crippen LogP contribution in [0.1, 0.15) is 55.6 Å². The second-order valence-corrected chi connectivity index (χ2v) is 10.3. The summed E-state index contributed by atoms with van der Waals surface area (Å²) in [5.41, 5.74) is 2.14. The zero-order valence-corrected chi connectivity index (χ0v) is 21.0. The number of likely N-dealkylation sites (tertiary alicyclic amines) is 1. The van der Waals surface area contributed by atoms with Crippen LogP contribution in [0.25, 0.3) is 6.08 Å². The first-order chi connectivity index (χ1) is 17.4. The summed E-state index contributed by atoms with van der Waals surface area (Å²) in [4.78, 5) is 46.6. The molecule has 0 aromatic carbocycles. The minimum atomic E-state index is -0.763. The molecule has 0 radical (unpaired) electrons. The lowest BCUT2D eigenvalue weighted by Crippen LogP contribution is -2.52. The van der Waals surface area contributed by atoms with Crippen molar-refractivity contribution in [2.75, 3.05) is 13.2 Å². The summed E-state index contributed by atoms with van der Waals surface area (Å²) < 4.78 is 3.59. The molecule has 1 saturated carbocycles. The summed E-state index contributed by atoms with van der Waals surface area (Å²) in [6.07, 6.45) is 11.5. The lowest BCUT2D eigenvalue weighted by molar-refractivity contribution is -0.144. The molecule has 2 aliphatic heterocycles. The number of nitrogens with one attached hydrogen (secondary N) is 1. The van der Waals surface area contributed by atoms with Crippen LogP contribution in [0.4, 0.5) is 0 Å². The van der Waals surface area contributed by atoms with Gasteiger partial charge in [0.1, 0.15) is 6.04 Å². The third-order valence-electron chi connectivity index (χ3n) is 8.12. The molecule has 36 heavy (non-hydrogen) atoms. The lowest BCUT2D eigenvalue weighted by atomic mass is 9.88. The van der Waals surface area contributed by atoms with E-state index in [4.69, 9.17) is 0 Å². The van der Waals surface area contributed by atoms with E-state index in [1.165, 1.54) is 0 Å². The topological polar surface area (TPSA) is 109 Å². The van der Waals surface area contributed by atoms with Crippen LogP contribution in [0.2, 0.25) is 0 Å². The fourth-order valence-corrected chi connectivity index (χ4v) is 6.45. The molecule has 0 bridgehead atoms. The van der Waals surface area contributed by atoms with Crippen LogP contribution < -0.4 is 10.9 Å². The van der Waals surface area contributed by atoms with E-state index in [2.05, 4.69) is 10.3 Å². The Bertz CT molecular complexity index is 1220. The van der Waals surface area contributed by atoms with Crippen molar-refractivity contribution in [2.24, 2.45) is 24.8 Å². The third kappa shape index (κ3) is 4.19. The zero-order chi connectivity index (χ0) is 25.4. The number of amides is 2. The SMILES string of the molecule is C/C=C/c1ccc2n(c1=O)C[C@H]1[C@H](CO)[C@@H](C(=O)NCCc3cn(C)cn3)N(C(=O)C3CCCC3)[C@@H]21. The molecule has 9 heteroatoms. The number of carbonyl (C=O) groups is 2. The maximum Gasteiger partial charge on any atom is 0.258 e. The molecule has 4 heterocycles. The first kappa shape index (κ1) is 24.5. The Balaban J connectivity index is 1.46. The van der Waals surface area contributed by atoms with Gasteiger partial charge in [-0.25, -0.2) is 4.98 Å². The van der Waals surface area contributed by atoms with Crippen LogP contribution in [-0.2, 0) is 29.6 Å². The lowest BCUT2D eigenvalue weighted by Gasteiger charge is -2.33. The number of allylic oxidation sites excluding steroid dienone is 1. The molecule has 0 spiro atoms. The maximum absolute atomic E-state index is 13.9. The molecule has 2 N–H and O–H groups in total. The summed E-state index contributed by atoms with van der Waals surface area (Å²) in [5.74, 6) is -1.03. The summed E-state index contributed by atoms with van der Waals surface area (Å²) in [6, 6.07) is 2.55. The van der Waals surface area contributed by atoms with Crippen molar-refractivity contribution in [3.8, 4) is 0 Å². The van der Waals surface area contributed by atoms with Gasteiger partial charge in [0, 0.05) is 68.4 Å². The van der Waals surface area contributed by atoms with Gasteiger partial charge in [-0.15, -0.1) is 0 Å². The van der Waals surface area contributed by atoms with Crippen LogP contribution in [0.3, 0.4) is 0 Å². The van der Waals surface area contributed by atoms with Gasteiger partial charge >= 0.3 is 0 Å². The molecule has 5 rings (SSSR count). The molecule has 3 aliphatic rings. The third-order valence-corrected chi connectivity index (χ3v) is 8.12. The number of aliphatic hydroxyl groups is 1. The first-order valence-electron chi connectivity index (χ1n) is 13.0. The summed E-state index contributed by atoms with van der Waals surface area (Å²) >= 11 is 0. The van der Waals surface area contributed by atoms with Gasteiger partial charge in [-0.05, 0) is 31.9 Å². The largest absolute Gasteiger partial charge is 0.396 e. The molecule has 2 fully saturated rings. The Morgan fingerprint density at radius 2 is 2.03 bits per heavy atom. The van der Waals surface area contributed by atoms with Crippen LogP contribution >= 0.6 is 0 Å². The van der Waals surface area contributed by atoms with Gasteiger partial charge in [0.05, 0.1) is 18.1 Å². The molecule has 2 aromatic rings. The molecule has 2 aromatic heterocycles. The molecular formula is C27H35N5O4. The Hall–Kier alpha value is -3.20. The second kappa shape index (κ2) is 10.0. The number of aliphatic hydroxyl groups excluding tert-OH is 1. The van der Waals surface area contributed by atoms with Crippen molar-refractivity contribution in [1.29, 1.82) is 0 Å². The van der Waals surface area contributed by atoms with Crippen molar-refractivity contribution in [3.05, 3.63) is 58.0 Å². The molecule has 1 aliphatic carbocycles. The molecule has 192 valence electrons. The van der Waals surface area contributed by atoms with E-state index in [1.807, 2.05) is 36.9 Å². The summed E-state index contributed by atoms with van der Waals surface area (Å²) in [5, 5.41) is 13.5. The number of nitrogens with zero attached hydrogens (tertiary/aromatic N) is 4. The van der Waals surface area contributed by atoms with E-state index >= 15 is 0 Å². The molecular weight excluding hydrogens is 458 g/mol. The van der Waals surface area contributed by atoms with Crippen LogP contribution in [-0.4, -0.2) is 55.1 Å². The summed E-state index contributed by atoms with van der Waals surface area (Å²) in [6.45, 7) is 2.43. The quantitative estimate of drug-likeness (QED) is 0.610. The highest BCUT2D eigenvalue weighted by molar-refractivity contribution is 5.90. The number of carbonyl (C=O) groups excluding carboxylic acids is 2. The fourth-order valence-electron chi connectivity index (χ4n) is 6.45. The van der Waals surface area contributed by atoms with Crippen molar-refractivity contribution in [2.45, 2.75) is 57.7 Å². The van der Waals surface area contributed by atoms with E-state index in [0.29, 0.717) is 25.1 Å². The van der Waals surface area contributed by atoms with Crippen LogP contribution in [0, 0.1) is 17.8 Å². The van der Waals surface area contributed by atoms with Gasteiger partial charge < -0.3 is 24.5 Å². The molecule has 9 nitrogen and oxygen atoms in total. The van der Waals surface area contributed by atoms with Gasteiger partial charge in [-0.1, -0.05) is 25.0 Å². The number of aryl methyl sites for hydroxylation is 1. The van der Waals surface area contributed by atoms with E-state index in [9.17, 15) is 19.5 Å². The highest BCUT2D eigenvalue weighted by atomic mass is 16.3. The Labute approximate surface area is 210 Å². The number of pyridine rings is 1. The average Bonchev–Trinajstić information content (AvgIpc) is 3.64. The monoisotopic (exact) mass is 493 g/mol. The number of hydrogen-bond acceptors (Lipinski definition) is 5. The van der Waals surface area contributed by atoms with Crippen molar-refractivity contribution in [1.82, 2.24) is 24.3 Å². The Morgan fingerprint density at radius 1 is 1.25 bits per heavy atom. The number of aromatic nitrogens is 3. The number of rotatable bonds is 7. The van der Waals surface area contributed by atoms with Gasteiger partial charge in [0.2, 0.25) is 11.8 Å². The van der Waals surface area contributed by atoms with E-state index in [0.717, 1.165) is 37.1 Å². The minimum Gasteiger partial charge on any atom is -0.396 e. The molecule has 4 atom stereocenters. The highest BCUT2D eigenvalue weighted by Crippen LogP contribution is 2.50. The number of fused-ring (bicyclic) bond motifs is 3. The number of imidazole rings is 1. The van der Waals surface area contributed by atoms with Crippen molar-refractivity contribution >= 4 is 17.9 Å². The van der Waals surface area contributed by atoms with Crippen LogP contribution in [0.5, 0.6) is 0 Å². The normalized spacial score (nSPS) is 25.5. The van der Waals surface area contributed by atoms with E-state index in [-0.39, 0.29) is 35.8 Å². The van der Waals surface area contributed by atoms with E-state index in [1.54, 1.807) is 27.9 Å². The minimum absolute atomic E-state index is 0.0262. The smallest absolute Gasteiger partial charge is 0.258 e. The van der Waals surface area contributed by atoms with Gasteiger partial charge in [-0.2, -0.15) is 0 Å². The number of hydrogen-bond donors (Lipinski definition) is 2. The van der Waals surface area contributed by atoms with Gasteiger partial charge in [-0.3, -0.25) is 14.4 Å². The van der Waals surface area contributed by atoms with Gasteiger partial charge in [0.15, 0.2) is 0 Å². The standard InChI is InChI=1S/C27H35N5O4/c1-3-6-17-9-10-22-23-20(14-31(22)26(17)35)21(15-33)24(32(23)27(36)18-7-4-5-8-18)25(34)28-12-11-19-13-30(2)16-29-19/h3,6,9-10,13,16,18,20-21,23-24,33H,4-5,7-8,11-12,14-15H2,1-2H3,(H,28,34)/b6-3+/t20-,21-,23+,24-/m0/s1.